The maximum Gasteiger partial charge on any atom is 0.249 e. The molecule has 1 unspecified atom stereocenters. The van der Waals surface area contributed by atoms with Gasteiger partial charge in [-0.25, -0.2) is 8.78 Å². The molecule has 3 aromatic rings. The van der Waals surface area contributed by atoms with Gasteiger partial charge in [0.05, 0.1) is 17.2 Å². The molecule has 7 nitrogen and oxygen atoms in total. The van der Waals surface area contributed by atoms with Gasteiger partial charge in [-0.1, -0.05) is 55.8 Å². The highest BCUT2D eigenvalue weighted by atomic mass is 19.1. The van der Waals surface area contributed by atoms with Crippen molar-refractivity contribution in [2.24, 2.45) is 17.1 Å². The van der Waals surface area contributed by atoms with Crippen molar-refractivity contribution < 1.29 is 23.5 Å². The predicted octanol–water partition coefficient (Wildman–Crippen LogP) is 6.04. The highest BCUT2D eigenvalue weighted by Crippen LogP contribution is 2.44. The molecule has 3 atom stereocenters. The van der Waals surface area contributed by atoms with Gasteiger partial charge in [0.2, 0.25) is 11.8 Å². The number of aliphatic hydroxyl groups excluding tert-OH is 1. The number of carbonyl (C=O) groups is 2. The van der Waals surface area contributed by atoms with Gasteiger partial charge in [0, 0.05) is 55.0 Å². The Hall–Kier alpha value is -4.21. The number of halogens is 2. The van der Waals surface area contributed by atoms with E-state index >= 15 is 0 Å². The summed E-state index contributed by atoms with van der Waals surface area (Å²) >= 11 is 0. The Morgan fingerprint density at radius 1 is 1.00 bits per heavy atom. The van der Waals surface area contributed by atoms with E-state index in [2.05, 4.69) is 10.3 Å². The van der Waals surface area contributed by atoms with Crippen LogP contribution in [0.15, 0.2) is 84.0 Å². The number of primary amides is 1. The van der Waals surface area contributed by atoms with Gasteiger partial charge in [0.15, 0.2) is 0 Å². The number of rotatable bonds is 15. The largest absolute Gasteiger partial charge is 0.391 e. The number of amides is 2. The van der Waals surface area contributed by atoms with Crippen LogP contribution >= 0.6 is 0 Å². The second-order valence-electron chi connectivity index (χ2n) is 12.6. The maximum absolute atomic E-state index is 14.3. The second kappa shape index (κ2) is 16.1. The number of carbonyl (C=O) groups excluding carboxylic acids is 2. The third-order valence-electron chi connectivity index (χ3n) is 8.68. The van der Waals surface area contributed by atoms with E-state index in [1.807, 2.05) is 63.2 Å². The summed E-state index contributed by atoms with van der Waals surface area (Å²) in [5.74, 6) is -3.33. The van der Waals surface area contributed by atoms with Crippen LogP contribution in [0.1, 0.15) is 56.9 Å². The van der Waals surface area contributed by atoms with Crippen LogP contribution in [0, 0.1) is 29.9 Å². The fraction of sp³-hybridized carbons (Fsp3) is 0.395. The number of aliphatic hydroxyl groups is 1. The molecular formula is C38H46F2N4O3. The van der Waals surface area contributed by atoms with Crippen LogP contribution in [0.4, 0.5) is 8.78 Å². The van der Waals surface area contributed by atoms with Crippen molar-refractivity contribution in [1.29, 1.82) is 0 Å². The number of aromatic nitrogens is 1. The molecule has 0 aliphatic heterocycles. The number of nitrogens with zero attached hydrogens (tertiary/aromatic N) is 2. The van der Waals surface area contributed by atoms with E-state index in [9.17, 15) is 23.5 Å². The number of allylic oxidation sites excluding steroid dienone is 2. The van der Waals surface area contributed by atoms with Crippen molar-refractivity contribution in [3.05, 3.63) is 112 Å². The van der Waals surface area contributed by atoms with Gasteiger partial charge >= 0.3 is 0 Å². The summed E-state index contributed by atoms with van der Waals surface area (Å²) in [6.45, 7) is 9.31. The standard InChI is InChI=1S/C38H46F2N4O3/c1-5-13-44(14-6-2)36(46)30-15-25(3)21-38(22-30,37(41)47)33(19-28-17-31(39)20-32(40)18-28)35(45)24-42-23-27-10-8-11-29(16-27)34-12-7-9-26(4)43-34/h7-12,15-18,20-21,33,35,42,45H,5-6,13-14,19,22-24H2,1-4H3,(H2,41,47)/t33-,35+,38?/m1/s1. The molecular weight excluding hydrogens is 598 g/mol. The summed E-state index contributed by atoms with van der Waals surface area (Å²) in [7, 11) is 0. The minimum Gasteiger partial charge on any atom is -0.391 e. The third-order valence-corrected chi connectivity index (χ3v) is 8.68. The first-order valence-corrected chi connectivity index (χ1v) is 16.3. The van der Waals surface area contributed by atoms with Gasteiger partial charge in [0.1, 0.15) is 11.6 Å². The van der Waals surface area contributed by atoms with E-state index in [0.29, 0.717) is 30.8 Å². The Morgan fingerprint density at radius 2 is 1.68 bits per heavy atom. The Labute approximate surface area is 276 Å². The first kappa shape index (κ1) is 35.6. The molecule has 0 bridgehead atoms. The summed E-state index contributed by atoms with van der Waals surface area (Å²) < 4.78 is 28.7. The minimum absolute atomic E-state index is 0.0342. The highest BCUT2D eigenvalue weighted by Gasteiger charge is 2.48. The molecule has 4 N–H and O–H groups in total. The quantitative estimate of drug-likeness (QED) is 0.187. The van der Waals surface area contributed by atoms with Crippen LogP contribution in [0.5, 0.6) is 0 Å². The van der Waals surface area contributed by atoms with Crippen molar-refractivity contribution in [3.63, 3.8) is 0 Å². The number of pyridine rings is 1. The monoisotopic (exact) mass is 644 g/mol. The van der Waals surface area contributed by atoms with Crippen molar-refractivity contribution in [1.82, 2.24) is 15.2 Å². The zero-order valence-electron chi connectivity index (χ0n) is 27.7. The minimum atomic E-state index is -1.49. The van der Waals surface area contributed by atoms with Crippen LogP contribution in [0.25, 0.3) is 11.3 Å². The summed E-state index contributed by atoms with van der Waals surface area (Å²) in [6.07, 6.45) is 3.77. The average molecular weight is 645 g/mol. The topological polar surface area (TPSA) is 109 Å². The molecule has 9 heteroatoms. The Balaban J connectivity index is 1.63. The summed E-state index contributed by atoms with van der Waals surface area (Å²) in [5, 5.41) is 15.1. The molecule has 0 saturated carbocycles. The molecule has 4 rings (SSSR count). The van der Waals surface area contributed by atoms with E-state index in [4.69, 9.17) is 5.73 Å². The van der Waals surface area contributed by atoms with E-state index in [1.54, 1.807) is 24.0 Å². The van der Waals surface area contributed by atoms with Crippen molar-refractivity contribution in [2.45, 2.75) is 66.0 Å². The molecule has 0 radical (unpaired) electrons. The first-order valence-electron chi connectivity index (χ1n) is 16.3. The van der Waals surface area contributed by atoms with Gasteiger partial charge in [-0.3, -0.25) is 14.6 Å². The molecule has 0 saturated heterocycles. The van der Waals surface area contributed by atoms with E-state index in [1.165, 1.54) is 12.1 Å². The highest BCUT2D eigenvalue weighted by molar-refractivity contribution is 5.97. The average Bonchev–Trinajstić information content (AvgIpc) is 3.02. The van der Waals surface area contributed by atoms with Crippen molar-refractivity contribution >= 4 is 11.8 Å². The second-order valence-corrected chi connectivity index (χ2v) is 12.6. The Kier molecular flexibility index (Phi) is 12.2. The van der Waals surface area contributed by atoms with E-state index < -0.39 is 35.0 Å². The van der Waals surface area contributed by atoms with Crippen LogP contribution in [0.2, 0.25) is 0 Å². The number of hydrogen-bond acceptors (Lipinski definition) is 5. The molecule has 1 aliphatic carbocycles. The van der Waals surface area contributed by atoms with Crippen LogP contribution in [0.3, 0.4) is 0 Å². The van der Waals surface area contributed by atoms with Crippen molar-refractivity contribution in [3.8, 4) is 11.3 Å². The smallest absolute Gasteiger partial charge is 0.249 e. The fourth-order valence-electron chi connectivity index (χ4n) is 6.61. The number of hydrogen-bond donors (Lipinski definition) is 3. The van der Waals surface area contributed by atoms with Crippen LogP contribution in [-0.4, -0.2) is 52.5 Å². The number of nitrogens with two attached hydrogens (primary N) is 1. The molecule has 1 aliphatic rings. The maximum atomic E-state index is 14.3. The van der Waals surface area contributed by atoms with Crippen LogP contribution in [-0.2, 0) is 22.6 Å². The number of nitrogens with one attached hydrogen (secondary N) is 1. The zero-order chi connectivity index (χ0) is 34.1. The lowest BCUT2D eigenvalue weighted by Gasteiger charge is -2.42. The molecule has 2 aromatic carbocycles. The number of aryl methyl sites for hydroxylation is 1. The molecule has 1 heterocycles. The van der Waals surface area contributed by atoms with Gasteiger partial charge in [-0.05, 0) is 81.0 Å². The number of benzene rings is 2. The third kappa shape index (κ3) is 8.99. The first-order chi connectivity index (χ1) is 22.4. The normalized spacial score (nSPS) is 17.4. The van der Waals surface area contributed by atoms with Gasteiger partial charge < -0.3 is 21.1 Å². The molecule has 1 aromatic heterocycles. The van der Waals surface area contributed by atoms with Gasteiger partial charge in [-0.15, -0.1) is 0 Å². The molecule has 2 amide bonds. The lowest BCUT2D eigenvalue weighted by atomic mass is 9.63. The lowest BCUT2D eigenvalue weighted by Crippen LogP contribution is -2.51. The summed E-state index contributed by atoms with van der Waals surface area (Å²) in [5.41, 5.74) is 9.70. The lowest BCUT2D eigenvalue weighted by molar-refractivity contribution is -0.132. The molecule has 0 fully saturated rings. The summed E-state index contributed by atoms with van der Waals surface area (Å²) in [6, 6.07) is 16.9. The van der Waals surface area contributed by atoms with Crippen molar-refractivity contribution in [2.75, 3.05) is 19.6 Å². The van der Waals surface area contributed by atoms with Gasteiger partial charge in [0.25, 0.3) is 0 Å². The van der Waals surface area contributed by atoms with E-state index in [-0.39, 0.29) is 30.9 Å². The Bertz CT molecular complexity index is 1610. The van der Waals surface area contributed by atoms with E-state index in [0.717, 1.165) is 41.4 Å². The van der Waals surface area contributed by atoms with Gasteiger partial charge in [-0.2, -0.15) is 0 Å². The molecule has 0 spiro atoms. The Morgan fingerprint density at radius 3 is 2.32 bits per heavy atom. The summed E-state index contributed by atoms with van der Waals surface area (Å²) in [4.78, 5) is 33.6. The molecule has 250 valence electrons. The molecule has 47 heavy (non-hydrogen) atoms. The van der Waals surface area contributed by atoms with Crippen LogP contribution < -0.4 is 11.1 Å². The predicted molar refractivity (Wildman–Crippen MR) is 181 cm³/mol. The SMILES string of the molecule is CCCN(CCC)C(=O)C1=CC(C)=CC(C(N)=O)([C@H](Cc2cc(F)cc(F)c2)[C@@H](O)CNCc2cccc(-c3cccc(C)n3)c2)C1. The zero-order valence-corrected chi connectivity index (χ0v) is 27.7. The fourth-order valence-corrected chi connectivity index (χ4v) is 6.61.